The van der Waals surface area contributed by atoms with Crippen molar-refractivity contribution >= 4 is 23.3 Å². The predicted molar refractivity (Wildman–Crippen MR) is 41.4 cm³/mol. The Balaban J connectivity index is 0. The number of ether oxygens (including phenoxy) is 1. The number of carbonyl (C=O) groups is 1. The van der Waals surface area contributed by atoms with Gasteiger partial charge in [0, 0.05) is 6.92 Å². The second-order valence-electron chi connectivity index (χ2n) is 2.20. The van der Waals surface area contributed by atoms with E-state index in [2.05, 4.69) is 4.74 Å². The third-order valence-corrected chi connectivity index (χ3v) is 0.620. The lowest BCUT2D eigenvalue weighted by Gasteiger charge is -2.02. The van der Waals surface area contributed by atoms with Gasteiger partial charge in [-0.25, -0.2) is 0 Å². The molecule has 0 saturated heterocycles. The van der Waals surface area contributed by atoms with Crippen LogP contribution in [0.2, 0.25) is 0 Å². The molecule has 0 aliphatic rings. The van der Waals surface area contributed by atoms with Gasteiger partial charge in [-0.2, -0.15) is 0 Å². The van der Waals surface area contributed by atoms with E-state index in [1.807, 2.05) is 13.8 Å². The zero-order valence-corrected chi connectivity index (χ0v) is 5.60. The zero-order valence-electron chi connectivity index (χ0n) is 5.60. The number of hydrogen-bond donors (Lipinski definition) is 0. The SMILES string of the molecule is CC(=O)OCC(C)C.[AlH3]. The molecule has 0 saturated carbocycles. The summed E-state index contributed by atoms with van der Waals surface area (Å²) in [5, 5.41) is 0. The molecule has 0 radical (unpaired) electrons. The molecule has 0 aliphatic carbocycles. The average molecular weight is 146 g/mol. The van der Waals surface area contributed by atoms with Crippen LogP contribution in [0.5, 0.6) is 0 Å². The molecule has 0 unspecified atom stereocenters. The summed E-state index contributed by atoms with van der Waals surface area (Å²) < 4.78 is 4.66. The Bertz CT molecular complexity index is 81.1. The quantitative estimate of drug-likeness (QED) is 0.405. The van der Waals surface area contributed by atoms with Crippen LogP contribution in [0, 0.1) is 5.92 Å². The predicted octanol–water partition coefficient (Wildman–Crippen LogP) is 0.0216. The topological polar surface area (TPSA) is 26.3 Å². The third-order valence-electron chi connectivity index (χ3n) is 0.620. The molecule has 0 rings (SSSR count). The van der Waals surface area contributed by atoms with Crippen LogP contribution in [0.15, 0.2) is 0 Å². The summed E-state index contributed by atoms with van der Waals surface area (Å²) in [5.74, 6) is 0.248. The van der Waals surface area contributed by atoms with Gasteiger partial charge in [0.05, 0.1) is 6.61 Å². The van der Waals surface area contributed by atoms with Crippen LogP contribution in [0.25, 0.3) is 0 Å². The highest BCUT2D eigenvalue weighted by molar-refractivity contribution is 5.75. The maximum absolute atomic E-state index is 10.1. The number of rotatable bonds is 2. The summed E-state index contributed by atoms with van der Waals surface area (Å²) in [5.41, 5.74) is 0. The van der Waals surface area contributed by atoms with Gasteiger partial charge in [0.1, 0.15) is 0 Å². The van der Waals surface area contributed by atoms with Crippen LogP contribution in [-0.2, 0) is 9.53 Å². The molecule has 0 amide bonds. The van der Waals surface area contributed by atoms with Gasteiger partial charge in [0.2, 0.25) is 0 Å². The van der Waals surface area contributed by atoms with E-state index in [-0.39, 0.29) is 23.3 Å². The zero-order chi connectivity index (χ0) is 6.57. The van der Waals surface area contributed by atoms with Gasteiger partial charge in [-0.1, -0.05) is 13.8 Å². The van der Waals surface area contributed by atoms with Crippen LogP contribution in [-0.4, -0.2) is 29.9 Å². The fourth-order valence-electron chi connectivity index (χ4n) is 0.284. The Morgan fingerprint density at radius 1 is 1.56 bits per heavy atom. The molecule has 9 heavy (non-hydrogen) atoms. The molecule has 0 aromatic heterocycles. The van der Waals surface area contributed by atoms with Crippen molar-refractivity contribution in [1.29, 1.82) is 0 Å². The van der Waals surface area contributed by atoms with Crippen LogP contribution >= 0.6 is 0 Å². The molecule has 0 aromatic rings. The highest BCUT2D eigenvalue weighted by Crippen LogP contribution is 1.91. The van der Waals surface area contributed by atoms with Crippen LogP contribution in [0.1, 0.15) is 20.8 Å². The molecule has 0 atom stereocenters. The van der Waals surface area contributed by atoms with Crippen LogP contribution in [0.3, 0.4) is 0 Å². The third kappa shape index (κ3) is 11.5. The van der Waals surface area contributed by atoms with E-state index in [1.54, 1.807) is 0 Å². The average Bonchev–Trinajstić information content (AvgIpc) is 1.61. The Morgan fingerprint density at radius 2 is 2.00 bits per heavy atom. The minimum absolute atomic E-state index is 0. The van der Waals surface area contributed by atoms with Gasteiger partial charge in [-0.05, 0) is 5.92 Å². The second kappa shape index (κ2) is 6.13. The summed E-state index contributed by atoms with van der Waals surface area (Å²) in [4.78, 5) is 10.1. The number of hydrogen-bond acceptors (Lipinski definition) is 2. The maximum Gasteiger partial charge on any atom is 0.302 e. The smallest absolute Gasteiger partial charge is 0.302 e. The van der Waals surface area contributed by atoms with Crippen molar-refractivity contribution in [3.05, 3.63) is 0 Å². The fraction of sp³-hybridized carbons (Fsp3) is 0.833. The molecule has 0 aromatic carbocycles. The van der Waals surface area contributed by atoms with Gasteiger partial charge in [0.25, 0.3) is 0 Å². The molecular formula is C6H15AlO2. The first-order valence-electron chi connectivity index (χ1n) is 2.76. The van der Waals surface area contributed by atoms with Crippen molar-refractivity contribution in [3.63, 3.8) is 0 Å². The Hall–Kier alpha value is 0.00247. The van der Waals surface area contributed by atoms with Gasteiger partial charge >= 0.3 is 5.97 Å². The summed E-state index contributed by atoms with van der Waals surface area (Å²) in [7, 11) is 0. The largest absolute Gasteiger partial charge is 0.466 e. The van der Waals surface area contributed by atoms with E-state index in [0.717, 1.165) is 0 Å². The molecule has 0 spiro atoms. The Kier molecular flexibility index (Phi) is 8.00. The van der Waals surface area contributed by atoms with Crippen LogP contribution < -0.4 is 0 Å². The van der Waals surface area contributed by atoms with Crippen molar-refractivity contribution in [3.8, 4) is 0 Å². The van der Waals surface area contributed by atoms with E-state index in [4.69, 9.17) is 0 Å². The Morgan fingerprint density at radius 3 is 2.11 bits per heavy atom. The lowest BCUT2D eigenvalue weighted by atomic mass is 10.2. The number of esters is 1. The van der Waals surface area contributed by atoms with Gasteiger partial charge < -0.3 is 4.74 Å². The normalized spacial score (nSPS) is 8.44. The minimum Gasteiger partial charge on any atom is -0.466 e. The lowest BCUT2D eigenvalue weighted by molar-refractivity contribution is -0.141. The molecule has 2 nitrogen and oxygen atoms in total. The molecule has 0 bridgehead atoms. The lowest BCUT2D eigenvalue weighted by Crippen LogP contribution is -2.05. The molecule has 54 valence electrons. The van der Waals surface area contributed by atoms with Crippen molar-refractivity contribution in [2.24, 2.45) is 5.92 Å². The van der Waals surface area contributed by atoms with Gasteiger partial charge in [0.15, 0.2) is 17.4 Å². The molecule has 0 N–H and O–H groups in total. The van der Waals surface area contributed by atoms with E-state index >= 15 is 0 Å². The fourth-order valence-corrected chi connectivity index (χ4v) is 0.284. The highest BCUT2D eigenvalue weighted by Gasteiger charge is 1.94. The Labute approximate surface area is 66.7 Å². The molecule has 3 heteroatoms. The van der Waals surface area contributed by atoms with E-state index < -0.39 is 0 Å². The van der Waals surface area contributed by atoms with Crippen LogP contribution in [0.4, 0.5) is 0 Å². The van der Waals surface area contributed by atoms with E-state index in [0.29, 0.717) is 12.5 Å². The molecule has 0 heterocycles. The first-order chi connectivity index (χ1) is 3.63. The molecule has 0 fully saturated rings. The summed E-state index contributed by atoms with van der Waals surface area (Å²) in [6.07, 6.45) is 0. The van der Waals surface area contributed by atoms with E-state index in [9.17, 15) is 4.79 Å². The molecular weight excluding hydrogens is 131 g/mol. The standard InChI is InChI=1S/C6H12O2.Al.3H/c1-5(2)4-8-6(3)7;;;;/h5H,4H2,1-3H3;;;;. The van der Waals surface area contributed by atoms with Crippen molar-refractivity contribution < 1.29 is 9.53 Å². The van der Waals surface area contributed by atoms with Gasteiger partial charge in [-0.3, -0.25) is 4.79 Å². The van der Waals surface area contributed by atoms with Gasteiger partial charge in [-0.15, -0.1) is 0 Å². The first-order valence-corrected chi connectivity index (χ1v) is 2.76. The number of carbonyl (C=O) groups excluding carboxylic acids is 1. The van der Waals surface area contributed by atoms with Crippen molar-refractivity contribution in [1.82, 2.24) is 0 Å². The highest BCUT2D eigenvalue weighted by atomic mass is 27.0. The summed E-state index contributed by atoms with van der Waals surface area (Å²) in [6.45, 7) is 5.96. The van der Waals surface area contributed by atoms with E-state index in [1.165, 1.54) is 6.92 Å². The minimum atomic E-state index is -0.196. The first kappa shape index (κ1) is 11.8. The summed E-state index contributed by atoms with van der Waals surface area (Å²) in [6, 6.07) is 0. The van der Waals surface area contributed by atoms with Crippen molar-refractivity contribution in [2.75, 3.05) is 6.61 Å². The second-order valence-corrected chi connectivity index (χ2v) is 2.20. The molecule has 0 aliphatic heterocycles. The maximum atomic E-state index is 10.1. The van der Waals surface area contributed by atoms with Crippen molar-refractivity contribution in [2.45, 2.75) is 20.8 Å². The summed E-state index contributed by atoms with van der Waals surface area (Å²) >= 11 is 0. The monoisotopic (exact) mass is 146 g/mol.